The average molecular weight is 377 g/mol. The molecule has 1 aromatic rings. The number of benzene rings is 1. The van der Waals surface area contributed by atoms with Crippen LogP contribution in [0.1, 0.15) is 36.8 Å². The third-order valence-electron chi connectivity index (χ3n) is 4.79. The quantitative estimate of drug-likeness (QED) is 0.353. The van der Waals surface area contributed by atoms with E-state index < -0.39 is 0 Å². The highest BCUT2D eigenvalue weighted by atomic mass is 16.5. The Kier molecular flexibility index (Phi) is 10.0. The Labute approximate surface area is 164 Å². The molecule has 1 fully saturated rings. The lowest BCUT2D eigenvalue weighted by molar-refractivity contribution is 0.172. The van der Waals surface area contributed by atoms with Gasteiger partial charge in [0.2, 0.25) is 0 Å². The Morgan fingerprint density at radius 1 is 1.15 bits per heavy atom. The number of likely N-dealkylation sites (tertiary alicyclic amines) is 1. The van der Waals surface area contributed by atoms with Gasteiger partial charge in [-0.25, -0.2) is 0 Å². The Balaban J connectivity index is 1.75. The van der Waals surface area contributed by atoms with Gasteiger partial charge in [-0.1, -0.05) is 12.1 Å². The predicted molar refractivity (Wildman–Crippen MR) is 112 cm³/mol. The van der Waals surface area contributed by atoms with Crippen molar-refractivity contribution in [2.24, 2.45) is 4.99 Å². The zero-order chi connectivity index (χ0) is 19.3. The first kappa shape index (κ1) is 21.5. The van der Waals surface area contributed by atoms with Gasteiger partial charge in [-0.3, -0.25) is 4.99 Å². The van der Waals surface area contributed by atoms with E-state index in [4.69, 9.17) is 9.47 Å². The van der Waals surface area contributed by atoms with E-state index in [9.17, 15) is 0 Å². The number of methoxy groups -OCH3 is 1. The third-order valence-corrected chi connectivity index (χ3v) is 4.79. The van der Waals surface area contributed by atoms with Crippen LogP contribution >= 0.6 is 0 Å². The highest BCUT2D eigenvalue weighted by Crippen LogP contribution is 2.20. The predicted octanol–water partition coefficient (Wildman–Crippen LogP) is 2.56. The fraction of sp³-hybridized carbons (Fsp3) is 0.667. The van der Waals surface area contributed by atoms with Gasteiger partial charge in [-0.05, 0) is 57.5 Å². The zero-order valence-electron chi connectivity index (χ0n) is 17.2. The van der Waals surface area contributed by atoms with Gasteiger partial charge in [0.15, 0.2) is 5.96 Å². The maximum atomic E-state index is 5.96. The molecule has 27 heavy (non-hydrogen) atoms. The Hall–Kier alpha value is -1.79. The van der Waals surface area contributed by atoms with E-state index in [1.165, 1.54) is 38.0 Å². The second-order valence-electron chi connectivity index (χ2n) is 7.06. The molecule has 6 heteroatoms. The number of ether oxygens (including phenoxy) is 2. The molecule has 0 bridgehead atoms. The molecule has 1 aromatic carbocycles. The van der Waals surface area contributed by atoms with E-state index in [1.807, 2.05) is 7.05 Å². The summed E-state index contributed by atoms with van der Waals surface area (Å²) in [6.45, 7) is 8.76. The van der Waals surface area contributed by atoms with Gasteiger partial charge in [0.1, 0.15) is 5.75 Å². The SMILES string of the molecule is CN=C(NCCCN1CCCC1)NCc1ccc(C)cc1OCCCOC. The molecule has 0 aromatic heterocycles. The number of nitrogens with zero attached hydrogens (tertiary/aromatic N) is 2. The van der Waals surface area contributed by atoms with Crippen molar-refractivity contribution in [1.29, 1.82) is 0 Å². The molecule has 1 aliphatic heterocycles. The molecule has 1 saturated heterocycles. The molecule has 0 atom stereocenters. The topological polar surface area (TPSA) is 58.1 Å². The lowest BCUT2D eigenvalue weighted by atomic mass is 10.1. The number of hydrogen-bond donors (Lipinski definition) is 2. The first-order valence-electron chi connectivity index (χ1n) is 10.1. The number of aryl methyl sites for hydroxylation is 1. The van der Waals surface area contributed by atoms with Gasteiger partial charge in [0.05, 0.1) is 6.61 Å². The molecule has 0 saturated carbocycles. The van der Waals surface area contributed by atoms with E-state index in [0.29, 0.717) is 19.8 Å². The van der Waals surface area contributed by atoms with Crippen LogP contribution in [0.4, 0.5) is 0 Å². The molecule has 1 heterocycles. The van der Waals surface area contributed by atoms with E-state index in [1.54, 1.807) is 7.11 Å². The standard InChI is InChI=1S/C21H36N4O2/c1-18-8-9-19(20(16-18)27-15-7-14-26-3)17-24-21(22-2)23-10-6-13-25-11-4-5-12-25/h8-9,16H,4-7,10-15,17H2,1-3H3,(H2,22,23,24). The molecule has 0 radical (unpaired) electrons. The second-order valence-corrected chi connectivity index (χ2v) is 7.06. The molecule has 152 valence electrons. The monoisotopic (exact) mass is 376 g/mol. The number of rotatable bonds is 11. The van der Waals surface area contributed by atoms with Crippen molar-refractivity contribution >= 4 is 5.96 Å². The number of nitrogens with one attached hydrogen (secondary N) is 2. The van der Waals surface area contributed by atoms with E-state index in [0.717, 1.165) is 36.7 Å². The van der Waals surface area contributed by atoms with Crippen molar-refractivity contribution in [1.82, 2.24) is 15.5 Å². The summed E-state index contributed by atoms with van der Waals surface area (Å²) in [7, 11) is 3.53. The minimum Gasteiger partial charge on any atom is -0.493 e. The molecular formula is C21H36N4O2. The summed E-state index contributed by atoms with van der Waals surface area (Å²) >= 11 is 0. The average Bonchev–Trinajstić information content (AvgIpc) is 3.19. The molecular weight excluding hydrogens is 340 g/mol. The normalized spacial score (nSPS) is 15.1. The fourth-order valence-corrected chi connectivity index (χ4v) is 3.24. The van der Waals surface area contributed by atoms with E-state index >= 15 is 0 Å². The molecule has 1 aliphatic rings. The number of hydrogen-bond acceptors (Lipinski definition) is 4. The van der Waals surface area contributed by atoms with Crippen LogP contribution in [-0.2, 0) is 11.3 Å². The minimum atomic E-state index is 0.660. The van der Waals surface area contributed by atoms with Gasteiger partial charge in [-0.15, -0.1) is 0 Å². The largest absolute Gasteiger partial charge is 0.493 e. The Morgan fingerprint density at radius 2 is 1.96 bits per heavy atom. The summed E-state index contributed by atoms with van der Waals surface area (Å²) in [5, 5.41) is 6.81. The van der Waals surface area contributed by atoms with Gasteiger partial charge in [0.25, 0.3) is 0 Å². The lowest BCUT2D eigenvalue weighted by Gasteiger charge is -2.17. The second kappa shape index (κ2) is 12.6. The summed E-state index contributed by atoms with van der Waals surface area (Å²) in [4.78, 5) is 6.87. The smallest absolute Gasteiger partial charge is 0.191 e. The van der Waals surface area contributed by atoms with Crippen molar-refractivity contribution in [3.63, 3.8) is 0 Å². The third kappa shape index (κ3) is 8.18. The minimum absolute atomic E-state index is 0.660. The fourth-order valence-electron chi connectivity index (χ4n) is 3.24. The first-order valence-corrected chi connectivity index (χ1v) is 10.1. The van der Waals surface area contributed by atoms with Crippen LogP contribution in [0.15, 0.2) is 23.2 Å². The van der Waals surface area contributed by atoms with Crippen molar-refractivity contribution in [2.45, 2.75) is 39.2 Å². The maximum absolute atomic E-state index is 5.96. The summed E-state index contributed by atoms with van der Waals surface area (Å²) in [6, 6.07) is 6.33. The van der Waals surface area contributed by atoms with Gasteiger partial charge in [0, 0.05) is 45.8 Å². The van der Waals surface area contributed by atoms with Crippen LogP contribution in [0.5, 0.6) is 5.75 Å². The van der Waals surface area contributed by atoms with E-state index in [2.05, 4.69) is 45.6 Å². The zero-order valence-corrected chi connectivity index (χ0v) is 17.2. The number of aliphatic imine (C=N–C) groups is 1. The van der Waals surface area contributed by atoms with Crippen molar-refractivity contribution < 1.29 is 9.47 Å². The summed E-state index contributed by atoms with van der Waals surface area (Å²) in [5.41, 5.74) is 2.34. The van der Waals surface area contributed by atoms with Crippen LogP contribution in [0.2, 0.25) is 0 Å². The molecule has 2 N–H and O–H groups in total. The van der Waals surface area contributed by atoms with Crippen LogP contribution in [0.25, 0.3) is 0 Å². The molecule has 0 aliphatic carbocycles. The molecule has 6 nitrogen and oxygen atoms in total. The molecule has 0 spiro atoms. The Bertz CT molecular complexity index is 571. The van der Waals surface area contributed by atoms with Crippen molar-refractivity contribution in [3.8, 4) is 5.75 Å². The van der Waals surface area contributed by atoms with E-state index in [-0.39, 0.29) is 0 Å². The summed E-state index contributed by atoms with van der Waals surface area (Å²) in [5.74, 6) is 1.77. The first-order chi connectivity index (χ1) is 13.2. The van der Waals surface area contributed by atoms with Gasteiger partial charge in [-0.2, -0.15) is 0 Å². The molecule has 0 unspecified atom stereocenters. The van der Waals surface area contributed by atoms with Gasteiger partial charge >= 0.3 is 0 Å². The van der Waals surface area contributed by atoms with Gasteiger partial charge < -0.3 is 25.0 Å². The Morgan fingerprint density at radius 3 is 2.70 bits per heavy atom. The van der Waals surface area contributed by atoms with Crippen molar-refractivity contribution in [3.05, 3.63) is 29.3 Å². The summed E-state index contributed by atoms with van der Waals surface area (Å²) in [6.07, 6.45) is 4.72. The van der Waals surface area contributed by atoms with Crippen molar-refractivity contribution in [2.75, 3.05) is 53.6 Å². The molecule has 0 amide bonds. The lowest BCUT2D eigenvalue weighted by Crippen LogP contribution is -2.38. The van der Waals surface area contributed by atoms with Crippen LogP contribution in [0.3, 0.4) is 0 Å². The number of guanidine groups is 1. The maximum Gasteiger partial charge on any atom is 0.191 e. The summed E-state index contributed by atoms with van der Waals surface area (Å²) < 4.78 is 11.0. The molecule has 2 rings (SSSR count). The van der Waals surface area contributed by atoms with Crippen LogP contribution in [0, 0.1) is 6.92 Å². The highest BCUT2D eigenvalue weighted by molar-refractivity contribution is 5.79. The van der Waals surface area contributed by atoms with Crippen LogP contribution in [-0.4, -0.2) is 64.4 Å². The highest BCUT2D eigenvalue weighted by Gasteiger charge is 2.10. The van der Waals surface area contributed by atoms with Crippen LogP contribution < -0.4 is 15.4 Å².